The van der Waals surface area contributed by atoms with Gasteiger partial charge in [0, 0.05) is 16.6 Å². The molecule has 3 rings (SSSR count). The molecule has 0 aliphatic carbocycles. The summed E-state index contributed by atoms with van der Waals surface area (Å²) in [7, 11) is 0. The Morgan fingerprint density at radius 1 is 1.13 bits per heavy atom. The molecule has 7 heteroatoms. The Labute approximate surface area is 143 Å². The molecule has 0 aromatic heterocycles. The van der Waals surface area contributed by atoms with Gasteiger partial charge in [-0.2, -0.15) is 0 Å². The maximum Gasteiger partial charge on any atom is 0.414 e. The summed E-state index contributed by atoms with van der Waals surface area (Å²) < 4.78 is 10.8. The van der Waals surface area contributed by atoms with Crippen molar-refractivity contribution in [3.8, 4) is 0 Å². The van der Waals surface area contributed by atoms with Gasteiger partial charge in [0.2, 0.25) is 6.79 Å². The smallest absolute Gasteiger partial charge is 0.411 e. The van der Waals surface area contributed by atoms with Crippen molar-refractivity contribution in [2.75, 3.05) is 12.1 Å². The van der Waals surface area contributed by atoms with Gasteiger partial charge in [-0.25, -0.2) is 9.59 Å². The van der Waals surface area contributed by atoms with E-state index in [1.165, 1.54) is 6.42 Å². The highest BCUT2D eigenvalue weighted by molar-refractivity contribution is 9.10. The van der Waals surface area contributed by atoms with Gasteiger partial charge in [0.05, 0.1) is 5.69 Å². The van der Waals surface area contributed by atoms with Gasteiger partial charge in [-0.3, -0.25) is 5.32 Å². The number of benzene rings is 1. The Hall–Kier alpha value is -1.76. The van der Waals surface area contributed by atoms with Gasteiger partial charge in [-0.05, 0) is 60.2 Å². The van der Waals surface area contributed by atoms with Crippen LogP contribution in [0.2, 0.25) is 0 Å². The first-order valence-electron chi connectivity index (χ1n) is 7.78. The minimum Gasteiger partial charge on any atom is -0.411 e. The number of rotatable bonds is 3. The monoisotopic (exact) mass is 382 g/mol. The van der Waals surface area contributed by atoms with E-state index in [9.17, 15) is 9.59 Å². The Morgan fingerprint density at radius 2 is 1.83 bits per heavy atom. The van der Waals surface area contributed by atoms with E-state index in [2.05, 4.69) is 21.2 Å². The average molecular weight is 383 g/mol. The molecular formula is C16H19BrN2O4. The number of amides is 2. The number of ether oxygens (including phenoxy) is 2. The lowest BCUT2D eigenvalue weighted by Crippen LogP contribution is -2.44. The summed E-state index contributed by atoms with van der Waals surface area (Å²) in [6, 6.07) is 7.76. The molecule has 2 saturated heterocycles. The van der Waals surface area contributed by atoms with Crippen LogP contribution in [0.4, 0.5) is 15.3 Å². The van der Waals surface area contributed by atoms with Crippen LogP contribution in [0.25, 0.3) is 0 Å². The van der Waals surface area contributed by atoms with Crippen LogP contribution in [0.15, 0.2) is 28.7 Å². The molecule has 0 saturated carbocycles. The first-order valence-corrected chi connectivity index (χ1v) is 8.58. The summed E-state index contributed by atoms with van der Waals surface area (Å²) in [6.45, 7) is -0.384. The number of hydrogen-bond donors (Lipinski definition) is 1. The predicted octanol–water partition coefficient (Wildman–Crippen LogP) is 4.11. The zero-order valence-electron chi connectivity index (χ0n) is 12.7. The van der Waals surface area contributed by atoms with Gasteiger partial charge in [-0.1, -0.05) is 12.1 Å². The van der Waals surface area contributed by atoms with Crippen LogP contribution in [-0.2, 0) is 9.47 Å². The van der Waals surface area contributed by atoms with Crippen LogP contribution in [-0.4, -0.2) is 36.0 Å². The molecule has 2 heterocycles. The summed E-state index contributed by atoms with van der Waals surface area (Å²) in [6.07, 6.45) is 4.29. The fourth-order valence-electron chi connectivity index (χ4n) is 3.33. The second kappa shape index (κ2) is 7.21. The van der Waals surface area contributed by atoms with Crippen molar-refractivity contribution in [1.82, 2.24) is 4.90 Å². The molecule has 2 aliphatic rings. The molecule has 2 aliphatic heterocycles. The summed E-state index contributed by atoms with van der Waals surface area (Å²) in [4.78, 5) is 25.7. The Morgan fingerprint density at radius 3 is 2.52 bits per heavy atom. The van der Waals surface area contributed by atoms with Gasteiger partial charge in [0.15, 0.2) is 0 Å². The summed E-state index contributed by atoms with van der Waals surface area (Å²) >= 11 is 3.33. The van der Waals surface area contributed by atoms with Crippen LogP contribution >= 0.6 is 15.9 Å². The van der Waals surface area contributed by atoms with Gasteiger partial charge >= 0.3 is 12.2 Å². The number of piperidine rings is 1. The topological polar surface area (TPSA) is 67.9 Å². The lowest BCUT2D eigenvalue weighted by Gasteiger charge is -2.33. The fraction of sp³-hybridized carbons (Fsp3) is 0.500. The maximum absolute atomic E-state index is 12.1. The molecule has 124 valence electrons. The van der Waals surface area contributed by atoms with Crippen LogP contribution < -0.4 is 5.32 Å². The molecule has 2 bridgehead atoms. The normalized spacial score (nSPS) is 22.6. The highest BCUT2D eigenvalue weighted by atomic mass is 79.9. The van der Waals surface area contributed by atoms with Crippen LogP contribution in [0.3, 0.4) is 0 Å². The molecule has 1 aromatic carbocycles. The number of para-hydroxylation sites is 1. The molecule has 23 heavy (non-hydrogen) atoms. The average Bonchev–Trinajstić information content (AvgIpc) is 2.79. The second-order valence-corrected chi connectivity index (χ2v) is 6.64. The Kier molecular flexibility index (Phi) is 5.05. The van der Waals surface area contributed by atoms with Crippen LogP contribution in [0.1, 0.15) is 32.1 Å². The number of halogens is 1. The molecule has 1 N–H and O–H groups in total. The van der Waals surface area contributed by atoms with E-state index in [0.717, 1.165) is 30.2 Å². The first kappa shape index (κ1) is 16.1. The van der Waals surface area contributed by atoms with Crippen LogP contribution in [0, 0.1) is 0 Å². The van der Waals surface area contributed by atoms with E-state index in [0.29, 0.717) is 5.69 Å². The zero-order chi connectivity index (χ0) is 16.2. The minimum atomic E-state index is -0.661. The molecule has 0 spiro atoms. The Balaban J connectivity index is 1.43. The van der Waals surface area contributed by atoms with Crippen molar-refractivity contribution >= 4 is 33.8 Å². The molecule has 6 nitrogen and oxygen atoms in total. The maximum atomic E-state index is 12.1. The minimum absolute atomic E-state index is 0.287. The SMILES string of the molecule is O=C(Nc1ccccc1Br)OCOC(=O)N1C2CCCC1CC2. The van der Waals surface area contributed by atoms with E-state index in [1.54, 1.807) is 12.1 Å². The largest absolute Gasteiger partial charge is 0.414 e. The van der Waals surface area contributed by atoms with Crippen molar-refractivity contribution in [3.05, 3.63) is 28.7 Å². The standard InChI is InChI=1S/C16H19BrN2O4/c17-13-6-1-2-7-14(13)18-15(20)22-10-23-16(21)19-11-4-3-5-12(19)9-8-11/h1-2,6-7,11-12H,3-5,8-10H2,(H,18,20). The third kappa shape index (κ3) is 3.77. The third-order valence-corrected chi connectivity index (χ3v) is 5.08. The molecule has 0 radical (unpaired) electrons. The van der Waals surface area contributed by atoms with E-state index >= 15 is 0 Å². The van der Waals surface area contributed by atoms with Crippen molar-refractivity contribution in [2.45, 2.75) is 44.2 Å². The second-order valence-electron chi connectivity index (χ2n) is 5.79. The van der Waals surface area contributed by atoms with Gasteiger partial charge < -0.3 is 14.4 Å². The Bertz CT molecular complexity index is 579. The summed E-state index contributed by atoms with van der Waals surface area (Å²) in [5.41, 5.74) is 0.595. The van der Waals surface area contributed by atoms with Crippen LogP contribution in [0.5, 0.6) is 0 Å². The van der Waals surface area contributed by atoms with Gasteiger partial charge in [0.1, 0.15) is 0 Å². The van der Waals surface area contributed by atoms with E-state index in [-0.39, 0.29) is 25.0 Å². The number of fused-ring (bicyclic) bond motifs is 2. The fourth-order valence-corrected chi connectivity index (χ4v) is 3.72. The van der Waals surface area contributed by atoms with Crippen molar-refractivity contribution in [3.63, 3.8) is 0 Å². The predicted molar refractivity (Wildman–Crippen MR) is 88.1 cm³/mol. The lowest BCUT2D eigenvalue weighted by atomic mass is 10.0. The zero-order valence-corrected chi connectivity index (χ0v) is 14.3. The summed E-state index contributed by atoms with van der Waals surface area (Å²) in [5, 5.41) is 2.58. The van der Waals surface area contributed by atoms with Crippen molar-refractivity contribution in [2.24, 2.45) is 0 Å². The highest BCUT2D eigenvalue weighted by Crippen LogP contribution is 2.35. The molecule has 1 aromatic rings. The van der Waals surface area contributed by atoms with E-state index in [4.69, 9.17) is 9.47 Å². The lowest BCUT2D eigenvalue weighted by molar-refractivity contribution is 0.000650. The molecule has 2 amide bonds. The van der Waals surface area contributed by atoms with Gasteiger partial charge in [0.25, 0.3) is 0 Å². The molecule has 2 fully saturated rings. The van der Waals surface area contributed by atoms with Crippen molar-refractivity contribution < 1.29 is 19.1 Å². The number of carbonyl (C=O) groups excluding carboxylic acids is 2. The molecule has 2 atom stereocenters. The number of carbonyl (C=O) groups is 2. The highest BCUT2D eigenvalue weighted by Gasteiger charge is 2.40. The third-order valence-electron chi connectivity index (χ3n) is 4.39. The number of anilines is 1. The van der Waals surface area contributed by atoms with E-state index in [1.807, 2.05) is 17.0 Å². The van der Waals surface area contributed by atoms with Crippen molar-refractivity contribution in [1.29, 1.82) is 0 Å². The number of nitrogens with one attached hydrogen (secondary N) is 1. The molecular weight excluding hydrogens is 364 g/mol. The molecule has 2 unspecified atom stereocenters. The van der Waals surface area contributed by atoms with E-state index < -0.39 is 6.09 Å². The summed E-state index contributed by atoms with van der Waals surface area (Å²) in [5.74, 6) is 0. The number of hydrogen-bond acceptors (Lipinski definition) is 4. The number of nitrogens with zero attached hydrogens (tertiary/aromatic N) is 1. The van der Waals surface area contributed by atoms with Gasteiger partial charge in [-0.15, -0.1) is 0 Å². The quantitative estimate of drug-likeness (QED) is 0.798. The first-order chi connectivity index (χ1) is 11.1.